The van der Waals surface area contributed by atoms with Crippen LogP contribution in [0.2, 0.25) is 0 Å². The van der Waals surface area contributed by atoms with E-state index in [9.17, 15) is 19.3 Å². The van der Waals surface area contributed by atoms with Crippen LogP contribution >= 0.6 is 0 Å². The number of likely N-dealkylation sites (N-methyl/N-ethyl adjacent to an activating group) is 1. The molecular formula is C13H15FN4O3. The Morgan fingerprint density at radius 3 is 2.52 bits per heavy atom. The fourth-order valence-electron chi connectivity index (χ4n) is 1.80. The zero-order valence-corrected chi connectivity index (χ0v) is 11.7. The van der Waals surface area contributed by atoms with Gasteiger partial charge in [-0.15, -0.1) is 0 Å². The summed E-state index contributed by atoms with van der Waals surface area (Å²) in [5.41, 5.74) is -0.630. The highest BCUT2D eigenvalue weighted by Gasteiger charge is 2.20. The van der Waals surface area contributed by atoms with Crippen LogP contribution < -0.4 is 4.90 Å². The molecule has 0 unspecified atom stereocenters. The van der Waals surface area contributed by atoms with Gasteiger partial charge in [0.1, 0.15) is 6.54 Å². The first-order valence-corrected chi connectivity index (χ1v) is 6.33. The van der Waals surface area contributed by atoms with Crippen molar-refractivity contribution in [3.8, 4) is 6.19 Å². The van der Waals surface area contributed by atoms with Crippen molar-refractivity contribution in [2.75, 3.05) is 24.5 Å². The Hall–Kier alpha value is -2.69. The van der Waals surface area contributed by atoms with E-state index in [0.29, 0.717) is 13.1 Å². The molecule has 0 fully saturated rings. The fraction of sp³-hybridized carbons (Fsp3) is 0.385. The molecule has 1 amide bonds. The maximum atomic E-state index is 13.3. The molecule has 0 aliphatic heterocycles. The number of nitrogens with zero attached hydrogens (tertiary/aromatic N) is 4. The van der Waals surface area contributed by atoms with Crippen molar-refractivity contribution in [3.63, 3.8) is 0 Å². The number of hydrogen-bond donors (Lipinski definition) is 0. The quantitative estimate of drug-likeness (QED) is 0.346. The van der Waals surface area contributed by atoms with Crippen LogP contribution in [0, 0.1) is 27.4 Å². The third-order valence-electron chi connectivity index (χ3n) is 2.97. The van der Waals surface area contributed by atoms with Crippen LogP contribution in [0.1, 0.15) is 13.8 Å². The molecule has 0 aromatic heterocycles. The standard InChI is InChI=1S/C13H15FN4O3/c1-3-16(4-2)13(19)8-17(9-15)10-5-6-11(14)12(7-10)18(20)21/h5-7H,3-4,8H2,1-2H3. The first-order chi connectivity index (χ1) is 9.94. The van der Waals surface area contributed by atoms with Crippen molar-refractivity contribution >= 4 is 17.3 Å². The summed E-state index contributed by atoms with van der Waals surface area (Å²) in [4.78, 5) is 24.3. The second-order valence-corrected chi connectivity index (χ2v) is 4.14. The minimum absolute atomic E-state index is 0.103. The zero-order valence-electron chi connectivity index (χ0n) is 11.7. The van der Waals surface area contributed by atoms with Gasteiger partial charge in [-0.05, 0) is 26.0 Å². The molecule has 0 aliphatic carbocycles. The number of nitriles is 1. The molecule has 21 heavy (non-hydrogen) atoms. The summed E-state index contributed by atoms with van der Waals surface area (Å²) >= 11 is 0. The van der Waals surface area contributed by atoms with Crippen LogP contribution in [0.3, 0.4) is 0 Å². The number of hydrogen-bond acceptors (Lipinski definition) is 5. The predicted molar refractivity (Wildman–Crippen MR) is 73.9 cm³/mol. The third-order valence-corrected chi connectivity index (χ3v) is 2.97. The van der Waals surface area contributed by atoms with Gasteiger partial charge in [-0.25, -0.2) is 0 Å². The summed E-state index contributed by atoms with van der Waals surface area (Å²) in [5, 5.41) is 19.8. The van der Waals surface area contributed by atoms with Gasteiger partial charge in [0.25, 0.3) is 0 Å². The lowest BCUT2D eigenvalue weighted by molar-refractivity contribution is -0.387. The number of carbonyl (C=O) groups excluding carboxylic acids is 1. The molecule has 0 N–H and O–H groups in total. The van der Waals surface area contributed by atoms with Crippen molar-refractivity contribution in [1.82, 2.24) is 4.90 Å². The van der Waals surface area contributed by atoms with Gasteiger partial charge in [0.2, 0.25) is 11.7 Å². The van der Waals surface area contributed by atoms with Crippen LogP contribution in [-0.2, 0) is 4.79 Å². The number of halogens is 1. The average molecular weight is 294 g/mol. The normalized spacial score (nSPS) is 9.81. The van der Waals surface area contributed by atoms with Gasteiger partial charge in [0.05, 0.1) is 10.6 Å². The largest absolute Gasteiger partial charge is 0.342 e. The van der Waals surface area contributed by atoms with E-state index >= 15 is 0 Å². The Morgan fingerprint density at radius 1 is 1.43 bits per heavy atom. The molecule has 7 nitrogen and oxygen atoms in total. The maximum absolute atomic E-state index is 13.3. The number of carbonyl (C=O) groups is 1. The van der Waals surface area contributed by atoms with Crippen molar-refractivity contribution in [2.45, 2.75) is 13.8 Å². The summed E-state index contributed by atoms with van der Waals surface area (Å²) in [5.74, 6) is -1.27. The molecular weight excluding hydrogens is 279 g/mol. The van der Waals surface area contributed by atoms with E-state index in [1.165, 1.54) is 11.0 Å². The van der Waals surface area contributed by atoms with E-state index in [4.69, 9.17) is 5.26 Å². The lowest BCUT2D eigenvalue weighted by atomic mass is 10.2. The second kappa shape index (κ2) is 7.19. The van der Waals surface area contributed by atoms with Gasteiger partial charge in [-0.3, -0.25) is 19.8 Å². The zero-order chi connectivity index (χ0) is 16.0. The van der Waals surface area contributed by atoms with Crippen molar-refractivity contribution < 1.29 is 14.1 Å². The highest BCUT2D eigenvalue weighted by atomic mass is 19.1. The first kappa shape index (κ1) is 16.4. The molecule has 112 valence electrons. The molecule has 0 aliphatic rings. The third kappa shape index (κ3) is 3.89. The number of nitro benzene ring substituents is 1. The van der Waals surface area contributed by atoms with Crippen LogP contribution in [0.5, 0.6) is 0 Å². The first-order valence-electron chi connectivity index (χ1n) is 6.33. The molecule has 1 aromatic carbocycles. The number of amides is 1. The Balaban J connectivity index is 3.01. The summed E-state index contributed by atoms with van der Waals surface area (Å²) < 4.78 is 13.3. The predicted octanol–water partition coefficient (Wildman–Crippen LogP) is 1.89. The van der Waals surface area contributed by atoms with E-state index in [-0.39, 0.29) is 18.1 Å². The number of benzene rings is 1. The molecule has 1 aromatic rings. The van der Waals surface area contributed by atoms with Gasteiger partial charge in [-0.1, -0.05) is 0 Å². The van der Waals surface area contributed by atoms with Crippen molar-refractivity contribution in [1.29, 1.82) is 5.26 Å². The monoisotopic (exact) mass is 294 g/mol. The minimum Gasteiger partial charge on any atom is -0.342 e. The van der Waals surface area contributed by atoms with Crippen LogP contribution in [0.4, 0.5) is 15.8 Å². The Bertz CT molecular complexity index is 581. The number of rotatable bonds is 6. The van der Waals surface area contributed by atoms with Gasteiger partial charge in [-0.2, -0.15) is 9.65 Å². The minimum atomic E-state index is -0.989. The maximum Gasteiger partial charge on any atom is 0.306 e. The molecule has 0 bridgehead atoms. The van der Waals surface area contributed by atoms with Crippen LogP contribution in [0.25, 0.3) is 0 Å². The van der Waals surface area contributed by atoms with Crippen molar-refractivity contribution in [3.05, 3.63) is 34.1 Å². The molecule has 1 rings (SSSR count). The summed E-state index contributed by atoms with van der Waals surface area (Å²) in [6.45, 7) is 4.36. The Morgan fingerprint density at radius 2 is 2.05 bits per heavy atom. The van der Waals surface area contributed by atoms with Gasteiger partial charge < -0.3 is 4.90 Å². The molecule has 0 heterocycles. The summed E-state index contributed by atoms with van der Waals surface area (Å²) in [6, 6.07) is 3.06. The second-order valence-electron chi connectivity index (χ2n) is 4.14. The summed E-state index contributed by atoms with van der Waals surface area (Å²) in [7, 11) is 0. The van der Waals surface area contributed by atoms with Gasteiger partial charge in [0.15, 0.2) is 6.19 Å². The lowest BCUT2D eigenvalue weighted by Crippen LogP contribution is -2.38. The highest BCUT2D eigenvalue weighted by Crippen LogP contribution is 2.24. The van der Waals surface area contributed by atoms with Crippen LogP contribution in [0.15, 0.2) is 18.2 Å². The molecule has 0 radical (unpaired) electrons. The number of anilines is 1. The molecule has 0 saturated heterocycles. The van der Waals surface area contributed by atoms with E-state index in [0.717, 1.165) is 17.0 Å². The Kier molecular flexibility index (Phi) is 5.60. The van der Waals surface area contributed by atoms with Gasteiger partial charge >= 0.3 is 5.69 Å². The van der Waals surface area contributed by atoms with Crippen LogP contribution in [-0.4, -0.2) is 35.4 Å². The molecule has 0 spiro atoms. The highest BCUT2D eigenvalue weighted by molar-refractivity contribution is 5.82. The number of nitro groups is 1. The molecule has 8 heteroatoms. The SMILES string of the molecule is CCN(CC)C(=O)CN(C#N)c1ccc(F)c([N+](=O)[O-])c1. The van der Waals surface area contributed by atoms with Crippen molar-refractivity contribution in [2.24, 2.45) is 0 Å². The average Bonchev–Trinajstić information content (AvgIpc) is 2.46. The fourth-order valence-corrected chi connectivity index (χ4v) is 1.80. The van der Waals surface area contributed by atoms with E-state index < -0.39 is 16.4 Å². The van der Waals surface area contributed by atoms with E-state index in [2.05, 4.69) is 0 Å². The lowest BCUT2D eigenvalue weighted by Gasteiger charge is -2.22. The van der Waals surface area contributed by atoms with E-state index in [1.54, 1.807) is 20.0 Å². The van der Waals surface area contributed by atoms with Gasteiger partial charge in [0, 0.05) is 19.2 Å². The Labute approximate surface area is 121 Å². The van der Waals surface area contributed by atoms with E-state index in [1.807, 2.05) is 0 Å². The summed E-state index contributed by atoms with van der Waals surface area (Å²) in [6.07, 6.45) is 1.78. The molecule has 0 atom stereocenters. The topological polar surface area (TPSA) is 90.5 Å². The smallest absolute Gasteiger partial charge is 0.306 e. The molecule has 0 saturated carbocycles.